The highest BCUT2D eigenvalue weighted by Crippen LogP contribution is 2.18. The summed E-state index contributed by atoms with van der Waals surface area (Å²) in [5.41, 5.74) is 2.76. The lowest BCUT2D eigenvalue weighted by Gasteiger charge is -2.13. The second-order valence-corrected chi connectivity index (χ2v) is 6.21. The zero-order valence-electron chi connectivity index (χ0n) is 14.6. The lowest BCUT2D eigenvalue weighted by atomic mass is 10.1. The quantitative estimate of drug-likeness (QED) is 0.605. The number of aromatic nitrogens is 3. The summed E-state index contributed by atoms with van der Waals surface area (Å²) in [7, 11) is 0. The van der Waals surface area contributed by atoms with Crippen molar-refractivity contribution >= 4 is 22.5 Å². The number of nitrogens with zero attached hydrogens (tertiary/aromatic N) is 3. The topological polar surface area (TPSA) is 68.4 Å². The number of fused-ring (bicyclic) bond motifs is 3. The summed E-state index contributed by atoms with van der Waals surface area (Å²) in [4.78, 5) is 25.2. The van der Waals surface area contributed by atoms with Gasteiger partial charge >= 0.3 is 0 Å². The highest BCUT2D eigenvalue weighted by atomic mass is 19.1. The van der Waals surface area contributed by atoms with E-state index >= 15 is 0 Å². The number of amides is 1. The molecule has 7 heteroatoms. The van der Waals surface area contributed by atoms with Gasteiger partial charge in [-0.05, 0) is 48.9 Å². The van der Waals surface area contributed by atoms with Gasteiger partial charge in [-0.3, -0.25) is 9.59 Å². The van der Waals surface area contributed by atoms with Crippen LogP contribution in [0.1, 0.15) is 22.8 Å². The summed E-state index contributed by atoms with van der Waals surface area (Å²) in [6.07, 6.45) is 1.57. The standard InChI is InChI=1S/C20H17FN4O2/c1-2-22-19(26)14-5-8-16-18(11-14)24(12-13-3-6-15(21)7-4-13)20(27)17-9-10-23-25(16)17/h3-11H,2,12H2,1H3,(H,22,26). The Morgan fingerprint density at radius 1 is 1.07 bits per heavy atom. The van der Waals surface area contributed by atoms with E-state index in [1.54, 1.807) is 51.7 Å². The van der Waals surface area contributed by atoms with E-state index in [2.05, 4.69) is 10.4 Å². The highest BCUT2D eigenvalue weighted by Gasteiger charge is 2.14. The van der Waals surface area contributed by atoms with Crippen molar-refractivity contribution in [2.24, 2.45) is 0 Å². The number of hydrogen-bond acceptors (Lipinski definition) is 3. The van der Waals surface area contributed by atoms with Gasteiger partial charge in [0.15, 0.2) is 0 Å². The van der Waals surface area contributed by atoms with Gasteiger partial charge in [0.25, 0.3) is 11.5 Å². The molecule has 0 unspecified atom stereocenters. The van der Waals surface area contributed by atoms with Crippen LogP contribution in [0.15, 0.2) is 59.5 Å². The van der Waals surface area contributed by atoms with Crippen LogP contribution in [0.4, 0.5) is 4.39 Å². The normalized spacial score (nSPS) is 11.2. The first-order valence-corrected chi connectivity index (χ1v) is 8.61. The van der Waals surface area contributed by atoms with Crippen LogP contribution < -0.4 is 10.9 Å². The van der Waals surface area contributed by atoms with E-state index in [4.69, 9.17) is 0 Å². The molecule has 4 aromatic rings. The summed E-state index contributed by atoms with van der Waals surface area (Å²) < 4.78 is 16.4. The van der Waals surface area contributed by atoms with Crippen molar-refractivity contribution in [1.29, 1.82) is 0 Å². The van der Waals surface area contributed by atoms with Crippen molar-refractivity contribution in [2.45, 2.75) is 13.5 Å². The number of nitrogens with one attached hydrogen (secondary N) is 1. The minimum atomic E-state index is -0.333. The van der Waals surface area contributed by atoms with Gasteiger partial charge in [-0.2, -0.15) is 5.10 Å². The summed E-state index contributed by atoms with van der Waals surface area (Å²) in [6.45, 7) is 2.62. The van der Waals surface area contributed by atoms with Crippen LogP contribution in [-0.2, 0) is 6.54 Å². The number of halogens is 1. The molecule has 2 aromatic carbocycles. The third-order valence-corrected chi connectivity index (χ3v) is 4.45. The Morgan fingerprint density at radius 3 is 2.59 bits per heavy atom. The molecule has 0 atom stereocenters. The number of benzene rings is 2. The largest absolute Gasteiger partial charge is 0.352 e. The van der Waals surface area contributed by atoms with Gasteiger partial charge in [0.1, 0.15) is 11.3 Å². The number of carbonyl (C=O) groups is 1. The van der Waals surface area contributed by atoms with E-state index < -0.39 is 0 Å². The van der Waals surface area contributed by atoms with Gasteiger partial charge in [-0.1, -0.05) is 12.1 Å². The Hall–Kier alpha value is -3.48. The molecule has 0 aliphatic rings. The van der Waals surface area contributed by atoms with Crippen molar-refractivity contribution in [3.8, 4) is 0 Å². The number of hydrogen-bond donors (Lipinski definition) is 1. The van der Waals surface area contributed by atoms with E-state index in [1.807, 2.05) is 6.92 Å². The number of carbonyl (C=O) groups excluding carboxylic acids is 1. The molecule has 0 saturated carbocycles. The van der Waals surface area contributed by atoms with Crippen LogP contribution in [0, 0.1) is 5.82 Å². The molecule has 1 N–H and O–H groups in total. The molecular weight excluding hydrogens is 347 g/mol. The fraction of sp³-hybridized carbons (Fsp3) is 0.150. The lowest BCUT2D eigenvalue weighted by Crippen LogP contribution is -2.25. The van der Waals surface area contributed by atoms with Gasteiger partial charge in [0.05, 0.1) is 23.8 Å². The molecule has 0 bridgehead atoms. The zero-order chi connectivity index (χ0) is 19.0. The molecular formula is C20H17FN4O2. The molecule has 0 aliphatic carbocycles. The molecule has 0 aliphatic heterocycles. The first-order chi connectivity index (χ1) is 13.1. The van der Waals surface area contributed by atoms with E-state index in [1.165, 1.54) is 12.1 Å². The molecule has 1 amide bonds. The molecule has 27 heavy (non-hydrogen) atoms. The Morgan fingerprint density at radius 2 is 1.85 bits per heavy atom. The average Bonchev–Trinajstić information content (AvgIpc) is 3.16. The third-order valence-electron chi connectivity index (χ3n) is 4.45. The fourth-order valence-electron chi connectivity index (χ4n) is 3.16. The summed E-state index contributed by atoms with van der Waals surface area (Å²) >= 11 is 0. The van der Waals surface area contributed by atoms with E-state index in [9.17, 15) is 14.0 Å². The van der Waals surface area contributed by atoms with Crippen LogP contribution in [-0.4, -0.2) is 26.6 Å². The van der Waals surface area contributed by atoms with Gasteiger partial charge in [0, 0.05) is 12.1 Å². The van der Waals surface area contributed by atoms with E-state index in [0.29, 0.717) is 28.7 Å². The molecule has 6 nitrogen and oxygen atoms in total. The maximum atomic E-state index is 13.2. The monoisotopic (exact) mass is 364 g/mol. The Bertz CT molecular complexity index is 1210. The maximum Gasteiger partial charge on any atom is 0.277 e. The predicted molar refractivity (Wildman–Crippen MR) is 100 cm³/mol. The molecule has 2 aromatic heterocycles. The average molecular weight is 364 g/mol. The minimum Gasteiger partial charge on any atom is -0.352 e. The fourth-order valence-corrected chi connectivity index (χ4v) is 3.16. The molecule has 0 saturated heterocycles. The molecule has 0 radical (unpaired) electrons. The van der Waals surface area contributed by atoms with Gasteiger partial charge < -0.3 is 9.88 Å². The Kier molecular flexibility index (Phi) is 4.19. The smallest absolute Gasteiger partial charge is 0.277 e. The van der Waals surface area contributed by atoms with Crippen LogP contribution in [0.5, 0.6) is 0 Å². The Labute approximate surface area is 153 Å². The van der Waals surface area contributed by atoms with Crippen molar-refractivity contribution in [3.63, 3.8) is 0 Å². The molecule has 0 fully saturated rings. The van der Waals surface area contributed by atoms with Crippen LogP contribution in [0.3, 0.4) is 0 Å². The summed E-state index contributed by atoms with van der Waals surface area (Å²) in [5, 5.41) is 6.99. The first-order valence-electron chi connectivity index (χ1n) is 8.61. The minimum absolute atomic E-state index is 0.208. The van der Waals surface area contributed by atoms with Crippen LogP contribution in [0.2, 0.25) is 0 Å². The van der Waals surface area contributed by atoms with Crippen molar-refractivity contribution in [2.75, 3.05) is 6.54 Å². The predicted octanol–water partition coefficient (Wildman–Crippen LogP) is 2.59. The maximum absolute atomic E-state index is 13.2. The van der Waals surface area contributed by atoms with Gasteiger partial charge in [0.2, 0.25) is 0 Å². The zero-order valence-corrected chi connectivity index (χ0v) is 14.6. The number of rotatable bonds is 4. The lowest BCUT2D eigenvalue weighted by molar-refractivity contribution is 0.0956. The van der Waals surface area contributed by atoms with Crippen molar-refractivity contribution in [3.05, 3.63) is 82.0 Å². The van der Waals surface area contributed by atoms with Crippen molar-refractivity contribution in [1.82, 2.24) is 19.5 Å². The summed E-state index contributed by atoms with van der Waals surface area (Å²) in [6, 6.07) is 12.8. The second-order valence-electron chi connectivity index (χ2n) is 6.21. The highest BCUT2D eigenvalue weighted by molar-refractivity contribution is 5.97. The molecule has 0 spiro atoms. The summed E-state index contributed by atoms with van der Waals surface area (Å²) in [5.74, 6) is -0.540. The molecule has 4 rings (SSSR count). The van der Waals surface area contributed by atoms with E-state index in [-0.39, 0.29) is 23.8 Å². The Balaban J connectivity index is 1.96. The SMILES string of the molecule is CCNC(=O)c1ccc2c(c1)n(Cc1ccc(F)cc1)c(=O)c1ccnn12. The van der Waals surface area contributed by atoms with Crippen LogP contribution in [0.25, 0.3) is 16.6 Å². The molecule has 136 valence electrons. The van der Waals surface area contributed by atoms with Gasteiger partial charge in [-0.15, -0.1) is 0 Å². The van der Waals surface area contributed by atoms with Crippen LogP contribution >= 0.6 is 0 Å². The van der Waals surface area contributed by atoms with Crippen molar-refractivity contribution < 1.29 is 9.18 Å². The van der Waals surface area contributed by atoms with Gasteiger partial charge in [-0.25, -0.2) is 8.91 Å². The second kappa shape index (κ2) is 6.68. The first kappa shape index (κ1) is 17.0. The molecule has 2 heterocycles. The third kappa shape index (κ3) is 2.97. The van der Waals surface area contributed by atoms with E-state index in [0.717, 1.165) is 5.56 Å².